The Hall–Kier alpha value is -4.41. The molecular formula is C29H29F4N7. The summed E-state index contributed by atoms with van der Waals surface area (Å²) < 4.78 is 52.9. The molecule has 4 aromatic rings. The maximum atomic E-state index is 13.3. The maximum absolute atomic E-state index is 13.3. The molecule has 40 heavy (non-hydrogen) atoms. The smallest absolute Gasteiger partial charge is 0.372 e. The van der Waals surface area contributed by atoms with Crippen LogP contribution in [0.15, 0.2) is 72.8 Å². The van der Waals surface area contributed by atoms with Crippen LogP contribution < -0.4 is 20.9 Å². The van der Waals surface area contributed by atoms with Crippen LogP contribution in [0.5, 0.6) is 0 Å². The molecule has 0 amide bonds. The van der Waals surface area contributed by atoms with Gasteiger partial charge in [-0.05, 0) is 72.9 Å². The third-order valence-electron chi connectivity index (χ3n) is 6.55. The summed E-state index contributed by atoms with van der Waals surface area (Å²) in [4.78, 5) is 15.5. The van der Waals surface area contributed by atoms with Gasteiger partial charge in [0, 0.05) is 37.6 Å². The molecule has 208 valence electrons. The van der Waals surface area contributed by atoms with Gasteiger partial charge in [-0.25, -0.2) is 4.39 Å². The normalized spacial score (nSPS) is 13.7. The Morgan fingerprint density at radius 1 is 0.700 bits per heavy atom. The van der Waals surface area contributed by atoms with E-state index in [1.54, 1.807) is 12.1 Å². The van der Waals surface area contributed by atoms with Crippen molar-refractivity contribution in [1.82, 2.24) is 15.0 Å². The van der Waals surface area contributed by atoms with E-state index in [0.717, 1.165) is 36.3 Å². The molecule has 3 N–H and O–H groups in total. The topological polar surface area (TPSA) is 78.0 Å². The van der Waals surface area contributed by atoms with E-state index < -0.39 is 11.7 Å². The van der Waals surface area contributed by atoms with E-state index in [4.69, 9.17) is 0 Å². The first-order valence-electron chi connectivity index (χ1n) is 13.1. The van der Waals surface area contributed by atoms with Crippen LogP contribution in [0.2, 0.25) is 0 Å². The predicted molar refractivity (Wildman–Crippen MR) is 148 cm³/mol. The average Bonchev–Trinajstić information content (AvgIpc) is 2.96. The molecule has 0 radical (unpaired) electrons. The first kappa shape index (κ1) is 27.2. The summed E-state index contributed by atoms with van der Waals surface area (Å²) in [5, 5.41) is 9.10. The number of nitrogens with zero attached hydrogens (tertiary/aromatic N) is 4. The lowest BCUT2D eigenvalue weighted by Gasteiger charge is -2.28. The SMILES string of the molecule is Fc1ccc(CNc2nc(NCc3ccc(N4CCCCC4)cc3)nc(Nc3cccc(C(F)(F)F)c3)n2)cc1. The van der Waals surface area contributed by atoms with Crippen molar-refractivity contribution in [1.29, 1.82) is 0 Å². The minimum absolute atomic E-state index is 0.0684. The summed E-state index contributed by atoms with van der Waals surface area (Å²) in [5.41, 5.74) is 2.42. The fourth-order valence-corrected chi connectivity index (χ4v) is 4.43. The van der Waals surface area contributed by atoms with Crippen molar-refractivity contribution in [3.05, 3.63) is 95.3 Å². The van der Waals surface area contributed by atoms with Crippen molar-refractivity contribution in [2.75, 3.05) is 33.9 Å². The number of hydrogen-bond acceptors (Lipinski definition) is 7. The van der Waals surface area contributed by atoms with Crippen molar-refractivity contribution < 1.29 is 17.6 Å². The number of anilines is 5. The monoisotopic (exact) mass is 551 g/mol. The third kappa shape index (κ3) is 7.37. The Morgan fingerprint density at radius 3 is 1.88 bits per heavy atom. The number of alkyl halides is 3. The molecular weight excluding hydrogens is 522 g/mol. The van der Waals surface area contributed by atoms with Crippen molar-refractivity contribution in [3.63, 3.8) is 0 Å². The molecule has 1 aliphatic rings. The van der Waals surface area contributed by atoms with E-state index >= 15 is 0 Å². The van der Waals surface area contributed by atoms with Gasteiger partial charge in [0.15, 0.2) is 0 Å². The molecule has 0 atom stereocenters. The van der Waals surface area contributed by atoms with Gasteiger partial charge >= 0.3 is 6.18 Å². The van der Waals surface area contributed by atoms with E-state index in [1.165, 1.54) is 49.2 Å². The zero-order chi connectivity index (χ0) is 28.0. The second-order valence-electron chi connectivity index (χ2n) is 9.56. The Kier molecular flexibility index (Phi) is 8.28. The Bertz CT molecular complexity index is 1400. The molecule has 7 nitrogen and oxygen atoms in total. The summed E-state index contributed by atoms with van der Waals surface area (Å²) in [6.45, 7) is 2.88. The molecule has 0 saturated carbocycles. The summed E-state index contributed by atoms with van der Waals surface area (Å²) in [6, 6.07) is 19.1. The highest BCUT2D eigenvalue weighted by Crippen LogP contribution is 2.31. The largest absolute Gasteiger partial charge is 0.416 e. The maximum Gasteiger partial charge on any atom is 0.416 e. The first-order valence-corrected chi connectivity index (χ1v) is 13.1. The summed E-state index contributed by atoms with van der Waals surface area (Å²) >= 11 is 0. The molecule has 0 bridgehead atoms. The Balaban J connectivity index is 1.32. The molecule has 1 saturated heterocycles. The molecule has 11 heteroatoms. The van der Waals surface area contributed by atoms with E-state index in [1.807, 2.05) is 12.1 Å². The molecule has 1 fully saturated rings. The number of aromatic nitrogens is 3. The van der Waals surface area contributed by atoms with Crippen LogP contribution in [0.3, 0.4) is 0 Å². The minimum Gasteiger partial charge on any atom is -0.372 e. The fourth-order valence-electron chi connectivity index (χ4n) is 4.43. The number of halogens is 4. The second kappa shape index (κ2) is 12.2. The van der Waals surface area contributed by atoms with E-state index in [9.17, 15) is 17.6 Å². The molecule has 5 rings (SSSR count). The quantitative estimate of drug-likeness (QED) is 0.194. The standard InChI is InChI=1S/C29H29F4N7/c30-23-11-7-20(8-12-23)18-34-26-37-27(35-19-21-9-13-25(14-10-21)40-15-2-1-3-16-40)39-28(38-26)36-24-6-4-5-22(17-24)29(31,32)33/h4-14,17H,1-3,15-16,18-19H2,(H3,34,35,36,37,38,39). The minimum atomic E-state index is -4.48. The van der Waals surface area contributed by atoms with Crippen molar-refractivity contribution in [2.24, 2.45) is 0 Å². The molecule has 3 aromatic carbocycles. The van der Waals surface area contributed by atoms with Gasteiger partial charge in [-0.2, -0.15) is 28.1 Å². The van der Waals surface area contributed by atoms with Gasteiger partial charge in [0.25, 0.3) is 0 Å². The first-order chi connectivity index (χ1) is 19.3. The number of hydrogen-bond donors (Lipinski definition) is 3. The van der Waals surface area contributed by atoms with Crippen molar-refractivity contribution >= 4 is 29.2 Å². The number of piperidine rings is 1. The second-order valence-corrected chi connectivity index (χ2v) is 9.56. The fraction of sp³-hybridized carbons (Fsp3) is 0.276. The lowest BCUT2D eigenvalue weighted by molar-refractivity contribution is -0.137. The number of rotatable bonds is 9. The third-order valence-corrected chi connectivity index (χ3v) is 6.55. The van der Waals surface area contributed by atoms with Crippen LogP contribution in [-0.2, 0) is 19.3 Å². The Morgan fingerprint density at radius 2 is 1.27 bits per heavy atom. The molecule has 0 unspecified atom stereocenters. The van der Waals surface area contributed by atoms with Gasteiger partial charge in [0.2, 0.25) is 17.8 Å². The summed E-state index contributed by atoms with van der Waals surface area (Å²) in [6.07, 6.45) is -0.793. The van der Waals surface area contributed by atoms with Crippen LogP contribution in [0, 0.1) is 5.82 Å². The summed E-state index contributed by atoms with van der Waals surface area (Å²) in [7, 11) is 0. The van der Waals surface area contributed by atoms with Crippen LogP contribution in [0.1, 0.15) is 36.0 Å². The highest BCUT2D eigenvalue weighted by molar-refractivity contribution is 5.57. The number of nitrogens with one attached hydrogen (secondary N) is 3. The molecule has 2 heterocycles. The molecule has 0 spiro atoms. The van der Waals surface area contributed by atoms with E-state index in [-0.39, 0.29) is 29.3 Å². The zero-order valence-electron chi connectivity index (χ0n) is 21.7. The lowest BCUT2D eigenvalue weighted by Crippen LogP contribution is -2.29. The average molecular weight is 552 g/mol. The highest BCUT2D eigenvalue weighted by atomic mass is 19.4. The highest BCUT2D eigenvalue weighted by Gasteiger charge is 2.30. The zero-order valence-corrected chi connectivity index (χ0v) is 21.7. The van der Waals surface area contributed by atoms with Crippen molar-refractivity contribution in [3.8, 4) is 0 Å². The van der Waals surface area contributed by atoms with Crippen LogP contribution >= 0.6 is 0 Å². The van der Waals surface area contributed by atoms with Gasteiger partial charge in [-0.15, -0.1) is 0 Å². The van der Waals surface area contributed by atoms with Gasteiger partial charge < -0.3 is 20.9 Å². The lowest BCUT2D eigenvalue weighted by atomic mass is 10.1. The predicted octanol–water partition coefficient (Wildman–Crippen LogP) is 6.99. The molecule has 1 aliphatic heterocycles. The van der Waals surface area contributed by atoms with E-state index in [2.05, 4.69) is 47.9 Å². The van der Waals surface area contributed by atoms with Crippen LogP contribution in [0.4, 0.5) is 46.8 Å². The molecule has 0 aliphatic carbocycles. The summed E-state index contributed by atoms with van der Waals surface area (Å²) in [5.74, 6) is 0.175. The van der Waals surface area contributed by atoms with E-state index in [0.29, 0.717) is 13.1 Å². The van der Waals surface area contributed by atoms with Crippen LogP contribution in [-0.4, -0.2) is 28.0 Å². The van der Waals surface area contributed by atoms with Crippen molar-refractivity contribution in [2.45, 2.75) is 38.5 Å². The van der Waals surface area contributed by atoms with Gasteiger partial charge in [-0.3, -0.25) is 0 Å². The van der Waals surface area contributed by atoms with Crippen LogP contribution in [0.25, 0.3) is 0 Å². The van der Waals surface area contributed by atoms with Gasteiger partial charge in [0.1, 0.15) is 5.82 Å². The Labute approximate surface area is 229 Å². The van der Waals surface area contributed by atoms with Gasteiger partial charge in [0.05, 0.1) is 5.56 Å². The number of benzene rings is 3. The van der Waals surface area contributed by atoms with Gasteiger partial charge in [-0.1, -0.05) is 30.3 Å². The molecule has 1 aromatic heterocycles.